The summed E-state index contributed by atoms with van der Waals surface area (Å²) >= 11 is 0. The molecule has 0 radical (unpaired) electrons. The molecule has 0 spiro atoms. The zero-order valence-corrected chi connectivity index (χ0v) is 12.7. The number of nitrogens with zero attached hydrogens (tertiary/aromatic N) is 2. The van der Waals surface area contributed by atoms with Crippen LogP contribution >= 0.6 is 0 Å². The highest BCUT2D eigenvalue weighted by molar-refractivity contribution is 5.92. The Balaban J connectivity index is 1.47. The van der Waals surface area contributed by atoms with Crippen molar-refractivity contribution >= 4 is 11.8 Å². The average Bonchev–Trinajstić information content (AvgIpc) is 3.18. The summed E-state index contributed by atoms with van der Waals surface area (Å²) in [5.41, 5.74) is 0.301. The van der Waals surface area contributed by atoms with Gasteiger partial charge in [0.05, 0.1) is 0 Å². The lowest BCUT2D eigenvalue weighted by Gasteiger charge is -2.33. The highest BCUT2D eigenvalue weighted by Gasteiger charge is 2.31. The number of ether oxygens (including phenoxy) is 1. The fraction of sp³-hybridized carbons (Fsp3) is 0.667. The van der Waals surface area contributed by atoms with E-state index in [1.807, 2.05) is 4.90 Å². The molecule has 22 heavy (non-hydrogen) atoms. The van der Waals surface area contributed by atoms with E-state index in [9.17, 15) is 9.59 Å². The van der Waals surface area contributed by atoms with E-state index in [-0.39, 0.29) is 24.0 Å². The standard InChI is InChI=1S/C15H21N3O4/c1-10-9-12(17-22-10)14(19)16-11-4-6-18(7-5-11)15(20)13-3-2-8-21-13/h9,11,13H,2-8H2,1H3,(H,16,19). The Morgan fingerprint density at radius 3 is 2.68 bits per heavy atom. The van der Waals surface area contributed by atoms with Crippen LogP contribution < -0.4 is 5.32 Å². The number of aryl methyl sites for hydroxylation is 1. The van der Waals surface area contributed by atoms with Crippen LogP contribution in [0.25, 0.3) is 0 Å². The Bertz CT molecular complexity index is 543. The van der Waals surface area contributed by atoms with Gasteiger partial charge in [0.2, 0.25) is 0 Å². The van der Waals surface area contributed by atoms with Gasteiger partial charge in [-0.3, -0.25) is 9.59 Å². The Morgan fingerprint density at radius 1 is 1.32 bits per heavy atom. The van der Waals surface area contributed by atoms with Crippen molar-refractivity contribution in [3.05, 3.63) is 17.5 Å². The highest BCUT2D eigenvalue weighted by atomic mass is 16.5. The number of nitrogens with one attached hydrogen (secondary N) is 1. The van der Waals surface area contributed by atoms with Crippen LogP contribution in [0.3, 0.4) is 0 Å². The summed E-state index contributed by atoms with van der Waals surface area (Å²) in [6.07, 6.45) is 3.02. The van der Waals surface area contributed by atoms with Gasteiger partial charge in [-0.05, 0) is 32.6 Å². The monoisotopic (exact) mass is 307 g/mol. The van der Waals surface area contributed by atoms with Crippen LogP contribution in [0, 0.1) is 6.92 Å². The second-order valence-corrected chi connectivity index (χ2v) is 5.90. The van der Waals surface area contributed by atoms with Gasteiger partial charge in [0.15, 0.2) is 5.69 Å². The van der Waals surface area contributed by atoms with E-state index in [4.69, 9.17) is 9.26 Å². The van der Waals surface area contributed by atoms with Gasteiger partial charge in [0.1, 0.15) is 11.9 Å². The second kappa shape index (κ2) is 6.48. The van der Waals surface area contributed by atoms with E-state index in [0.717, 1.165) is 25.7 Å². The van der Waals surface area contributed by atoms with Crippen LogP contribution in [0.5, 0.6) is 0 Å². The van der Waals surface area contributed by atoms with Gasteiger partial charge in [-0.2, -0.15) is 0 Å². The summed E-state index contributed by atoms with van der Waals surface area (Å²) in [4.78, 5) is 26.1. The third-order valence-corrected chi connectivity index (χ3v) is 4.21. The van der Waals surface area contributed by atoms with Gasteiger partial charge in [0.25, 0.3) is 11.8 Å². The molecule has 2 amide bonds. The number of likely N-dealkylation sites (tertiary alicyclic amines) is 1. The fourth-order valence-corrected chi connectivity index (χ4v) is 2.95. The van der Waals surface area contributed by atoms with Gasteiger partial charge >= 0.3 is 0 Å². The molecule has 1 N–H and O–H groups in total. The quantitative estimate of drug-likeness (QED) is 0.896. The zero-order valence-electron chi connectivity index (χ0n) is 12.7. The molecule has 7 nitrogen and oxygen atoms in total. The first-order valence-electron chi connectivity index (χ1n) is 7.78. The number of carbonyl (C=O) groups excluding carboxylic acids is 2. The topological polar surface area (TPSA) is 84.7 Å². The Labute approximate surface area is 129 Å². The molecule has 7 heteroatoms. The Hall–Kier alpha value is -1.89. The SMILES string of the molecule is Cc1cc(C(=O)NC2CCN(C(=O)C3CCCO3)CC2)no1. The first-order chi connectivity index (χ1) is 10.6. The molecule has 0 aromatic carbocycles. The van der Waals surface area contributed by atoms with E-state index < -0.39 is 0 Å². The number of hydrogen-bond donors (Lipinski definition) is 1. The summed E-state index contributed by atoms with van der Waals surface area (Å²) < 4.78 is 10.3. The number of carbonyl (C=O) groups is 2. The van der Waals surface area contributed by atoms with Crippen molar-refractivity contribution in [3.63, 3.8) is 0 Å². The fourth-order valence-electron chi connectivity index (χ4n) is 2.95. The predicted octanol–water partition coefficient (Wildman–Crippen LogP) is 0.883. The van der Waals surface area contributed by atoms with E-state index >= 15 is 0 Å². The minimum atomic E-state index is -0.260. The third-order valence-electron chi connectivity index (χ3n) is 4.21. The highest BCUT2D eigenvalue weighted by Crippen LogP contribution is 2.18. The van der Waals surface area contributed by atoms with Crippen LogP contribution in [0.1, 0.15) is 41.9 Å². The zero-order chi connectivity index (χ0) is 15.5. The van der Waals surface area contributed by atoms with Gasteiger partial charge in [-0.15, -0.1) is 0 Å². The smallest absolute Gasteiger partial charge is 0.273 e. The van der Waals surface area contributed by atoms with E-state index in [1.165, 1.54) is 0 Å². The van der Waals surface area contributed by atoms with Gasteiger partial charge in [-0.25, -0.2) is 0 Å². The molecule has 0 aliphatic carbocycles. The molecule has 1 aromatic rings. The van der Waals surface area contributed by atoms with Gasteiger partial charge in [0, 0.05) is 31.8 Å². The summed E-state index contributed by atoms with van der Waals surface area (Å²) in [5, 5.41) is 6.66. The van der Waals surface area contributed by atoms with Gasteiger partial charge < -0.3 is 19.5 Å². The number of piperidine rings is 1. The molecule has 1 atom stereocenters. The number of hydrogen-bond acceptors (Lipinski definition) is 5. The molecule has 120 valence electrons. The second-order valence-electron chi connectivity index (χ2n) is 5.90. The molecule has 3 rings (SSSR count). The number of aromatic nitrogens is 1. The first-order valence-corrected chi connectivity index (χ1v) is 7.78. The maximum absolute atomic E-state index is 12.2. The minimum absolute atomic E-state index is 0.0676. The predicted molar refractivity (Wildman–Crippen MR) is 77.3 cm³/mol. The van der Waals surface area contributed by atoms with E-state index in [2.05, 4.69) is 10.5 Å². The molecule has 3 heterocycles. The molecule has 2 aliphatic rings. The van der Waals surface area contributed by atoms with Crippen molar-refractivity contribution in [3.8, 4) is 0 Å². The first kappa shape index (κ1) is 15.0. The van der Waals surface area contributed by atoms with Crippen LogP contribution in [0.15, 0.2) is 10.6 Å². The molecule has 0 saturated carbocycles. The lowest BCUT2D eigenvalue weighted by molar-refractivity contribution is -0.142. The molecule has 1 aromatic heterocycles. The van der Waals surface area contributed by atoms with Crippen molar-refractivity contribution in [2.45, 2.75) is 44.8 Å². The van der Waals surface area contributed by atoms with Crippen LogP contribution in [0.2, 0.25) is 0 Å². The van der Waals surface area contributed by atoms with Crippen molar-refractivity contribution in [2.75, 3.05) is 19.7 Å². The Morgan fingerprint density at radius 2 is 2.09 bits per heavy atom. The number of rotatable bonds is 3. The summed E-state index contributed by atoms with van der Waals surface area (Å²) in [6.45, 7) is 3.74. The minimum Gasteiger partial charge on any atom is -0.368 e. The number of amides is 2. The summed E-state index contributed by atoms with van der Waals surface area (Å²) in [6, 6.07) is 1.68. The molecule has 2 aliphatic heterocycles. The van der Waals surface area contributed by atoms with E-state index in [0.29, 0.717) is 31.2 Å². The molecule has 1 unspecified atom stereocenters. The van der Waals surface area contributed by atoms with Gasteiger partial charge in [-0.1, -0.05) is 5.16 Å². The van der Waals surface area contributed by atoms with E-state index in [1.54, 1.807) is 13.0 Å². The largest absolute Gasteiger partial charge is 0.368 e. The summed E-state index contributed by atoms with van der Waals surface area (Å²) in [7, 11) is 0. The van der Waals surface area contributed by atoms with Crippen molar-refractivity contribution in [1.82, 2.24) is 15.4 Å². The normalized spacial score (nSPS) is 22.8. The maximum atomic E-state index is 12.2. The van der Waals surface area contributed by atoms with Crippen molar-refractivity contribution < 1.29 is 18.8 Å². The molecule has 2 fully saturated rings. The van der Waals surface area contributed by atoms with Crippen LogP contribution in [-0.4, -0.2) is 53.7 Å². The lowest BCUT2D eigenvalue weighted by Crippen LogP contribution is -2.49. The average molecular weight is 307 g/mol. The van der Waals surface area contributed by atoms with Crippen molar-refractivity contribution in [2.24, 2.45) is 0 Å². The van der Waals surface area contributed by atoms with Crippen LogP contribution in [0.4, 0.5) is 0 Å². The van der Waals surface area contributed by atoms with Crippen LogP contribution in [-0.2, 0) is 9.53 Å². The van der Waals surface area contributed by atoms with Crippen molar-refractivity contribution in [1.29, 1.82) is 0 Å². The third kappa shape index (κ3) is 3.30. The maximum Gasteiger partial charge on any atom is 0.273 e. The molecular weight excluding hydrogens is 286 g/mol. The molecule has 2 saturated heterocycles. The Kier molecular flexibility index (Phi) is 4.42. The lowest BCUT2D eigenvalue weighted by atomic mass is 10.0. The molecule has 0 bridgehead atoms. The summed E-state index contributed by atoms with van der Waals surface area (Å²) in [5.74, 6) is 0.484. The molecular formula is C15H21N3O4.